The molecule has 282 valence electrons. The summed E-state index contributed by atoms with van der Waals surface area (Å²) in [6.07, 6.45) is 8.25. The van der Waals surface area contributed by atoms with Crippen molar-refractivity contribution in [2.75, 3.05) is 6.54 Å². The molecule has 4 unspecified atom stereocenters. The number of carbonyl (C=O) groups is 5. The third-order valence-corrected chi connectivity index (χ3v) is 10.7. The van der Waals surface area contributed by atoms with E-state index >= 15 is 0 Å². The fourth-order valence-electron chi connectivity index (χ4n) is 6.11. The summed E-state index contributed by atoms with van der Waals surface area (Å²) in [6, 6.07) is 3.87. The summed E-state index contributed by atoms with van der Waals surface area (Å²) in [4.78, 5) is 62.6. The Labute approximate surface area is 326 Å². The Hall–Kier alpha value is -3.21. The number of amides is 5. The van der Waals surface area contributed by atoms with E-state index in [0.29, 0.717) is 31.2 Å². The van der Waals surface area contributed by atoms with Crippen molar-refractivity contribution in [3.05, 3.63) is 52.0 Å². The van der Waals surface area contributed by atoms with Crippen LogP contribution in [-0.4, -0.2) is 77.7 Å². The predicted molar refractivity (Wildman–Crippen MR) is 184 cm³/mol. The smallest absolute Gasteiger partial charge is 0.545 e. The van der Waals surface area contributed by atoms with Crippen molar-refractivity contribution >= 4 is 39.9 Å². The van der Waals surface area contributed by atoms with Crippen molar-refractivity contribution in [3.63, 3.8) is 0 Å². The van der Waals surface area contributed by atoms with Crippen LogP contribution in [0.2, 0.25) is 0 Å². The third-order valence-electron chi connectivity index (χ3n) is 8.98. The summed E-state index contributed by atoms with van der Waals surface area (Å²) < 4.78 is 51.4. The van der Waals surface area contributed by atoms with Gasteiger partial charge in [-0.1, -0.05) is 37.1 Å². The molecule has 5 amide bonds. The number of nitrogens with two attached hydrogens (primary N) is 2. The van der Waals surface area contributed by atoms with Crippen LogP contribution in [0.25, 0.3) is 4.72 Å². The van der Waals surface area contributed by atoms with Crippen molar-refractivity contribution in [1.29, 1.82) is 0 Å². The van der Waals surface area contributed by atoms with Crippen LogP contribution in [0.5, 0.6) is 0 Å². The predicted octanol–water partition coefficient (Wildman–Crippen LogP) is 1.54. The number of hydrogen-bond donors (Lipinski definition) is 2. The third kappa shape index (κ3) is 13.0. The zero-order valence-electron chi connectivity index (χ0n) is 30.4. The molecule has 2 heterocycles. The summed E-state index contributed by atoms with van der Waals surface area (Å²) in [5.41, 5.74) is 11.0. The van der Waals surface area contributed by atoms with E-state index in [9.17, 15) is 36.8 Å². The van der Waals surface area contributed by atoms with Gasteiger partial charge in [0.05, 0.1) is 29.0 Å². The molecular formula is C35H49FN5NaO9S. The Morgan fingerprint density at radius 3 is 2.31 bits per heavy atom. The molecule has 4 atom stereocenters. The second-order valence-corrected chi connectivity index (χ2v) is 16.4. The molecule has 5 rings (SSSR count). The number of carbonyl (C=O) groups excluding carboxylic acids is 5. The number of nitrogens with zero attached hydrogens (tertiary/aromatic N) is 3. The normalized spacial score (nSPS) is 22.1. The molecule has 3 fully saturated rings. The first-order chi connectivity index (χ1) is 23.9. The van der Waals surface area contributed by atoms with Gasteiger partial charge in [-0.05, 0) is 76.8 Å². The molecule has 1 saturated heterocycles. The van der Waals surface area contributed by atoms with Crippen LogP contribution in [0.3, 0.4) is 0 Å². The summed E-state index contributed by atoms with van der Waals surface area (Å²) >= 11 is 0. The number of rotatable bonds is 13. The Morgan fingerprint density at radius 1 is 1.02 bits per heavy atom. The van der Waals surface area contributed by atoms with Gasteiger partial charge in [-0.3, -0.25) is 14.5 Å². The number of unbranched alkanes of at least 4 members (excludes halogenated alkanes) is 4. The zero-order valence-corrected chi connectivity index (χ0v) is 33.2. The minimum absolute atomic E-state index is 0. The summed E-state index contributed by atoms with van der Waals surface area (Å²) in [6.45, 7) is 5.71. The topological polar surface area (TPSA) is 211 Å². The summed E-state index contributed by atoms with van der Waals surface area (Å²) in [7, 11) is -3.62. The Bertz CT molecular complexity index is 1620. The van der Waals surface area contributed by atoms with Gasteiger partial charge in [0, 0.05) is 36.1 Å². The molecule has 4 aliphatic rings. The van der Waals surface area contributed by atoms with E-state index < -0.39 is 57.0 Å². The fourth-order valence-corrected chi connectivity index (χ4v) is 7.38. The molecule has 0 spiro atoms. The first-order valence-corrected chi connectivity index (χ1v) is 18.9. The van der Waals surface area contributed by atoms with Gasteiger partial charge in [-0.15, -0.1) is 0 Å². The molecular weight excluding hydrogens is 708 g/mol. The number of allylic oxidation sites excluding steroid dienone is 2. The maximum Gasteiger partial charge on any atom is 1.00 e. The van der Waals surface area contributed by atoms with Crippen molar-refractivity contribution in [2.24, 2.45) is 23.3 Å². The van der Waals surface area contributed by atoms with Crippen LogP contribution in [0.1, 0.15) is 96.1 Å². The molecule has 2 saturated carbocycles. The molecule has 17 heteroatoms. The molecule has 0 aromatic heterocycles. The minimum Gasteiger partial charge on any atom is -0.545 e. The first-order valence-electron chi connectivity index (χ1n) is 17.4. The number of primary amides is 2. The quantitative estimate of drug-likeness (QED) is 0.170. The molecule has 2 aliphatic carbocycles. The number of likely N-dealkylation sites (tertiary alicyclic amines) is 1. The zero-order chi connectivity index (χ0) is 37.5. The molecule has 1 aromatic rings. The number of ether oxygens (including phenoxy) is 2. The Kier molecular flexibility index (Phi) is 15.5. The number of benzene rings is 1. The second-order valence-electron chi connectivity index (χ2n) is 14.5. The number of hydrogen-bond acceptors (Lipinski definition) is 9. The van der Waals surface area contributed by atoms with E-state index in [1.165, 1.54) is 15.9 Å². The molecule has 52 heavy (non-hydrogen) atoms. The fraction of sp³-hybridized carbons (Fsp3) is 0.629. The van der Waals surface area contributed by atoms with Gasteiger partial charge in [0.15, 0.2) is 0 Å². The first kappa shape index (κ1) is 43.2. The SMILES string of the molecule is CC(C)(C)OC(N)=O.NC(=O)C1CC(OC(=O)N2Cc3cccc(F)c3C2)CN1C(=O)CCCCCC/C=C\C1CC1C(=O)[N-]S(=O)(=O)C1CC1.[Na+]. The molecule has 2 aliphatic heterocycles. The maximum atomic E-state index is 14.0. The van der Waals surface area contributed by atoms with Crippen LogP contribution in [0.4, 0.5) is 14.0 Å². The minimum atomic E-state index is -3.62. The van der Waals surface area contributed by atoms with Crippen LogP contribution in [0.15, 0.2) is 30.4 Å². The van der Waals surface area contributed by atoms with E-state index in [-0.39, 0.29) is 85.6 Å². The van der Waals surface area contributed by atoms with Gasteiger partial charge in [0.1, 0.15) is 23.6 Å². The number of sulfonamides is 1. The maximum absolute atomic E-state index is 14.0. The van der Waals surface area contributed by atoms with Crippen LogP contribution < -0.4 is 41.0 Å². The molecule has 0 bridgehead atoms. The monoisotopic (exact) mass is 757 g/mol. The average molecular weight is 758 g/mol. The van der Waals surface area contributed by atoms with Crippen LogP contribution in [0, 0.1) is 17.7 Å². The standard InChI is InChI=1S/C30H39FN4O7S.C5H11NO2.Na/c31-25-10-7-9-20-16-34(18-24(20)25)30(39)42-21-15-26(28(32)37)35(17-21)27(36)11-6-4-2-1-3-5-8-19-14-23(19)29(38)33-43(40,41)22-12-13-22;1-5(2,3)8-4(6)7;/h5,7-10,19,21-23,26H,1-4,6,11-18H2,(H3,32,33,37,38);1-3H3,(H2,6,7);/q;;+1/p-1/b8-5-;;. The van der Waals surface area contributed by atoms with E-state index in [0.717, 1.165) is 31.2 Å². The van der Waals surface area contributed by atoms with Crippen LogP contribution >= 0.6 is 0 Å². The van der Waals surface area contributed by atoms with Gasteiger partial charge in [0.25, 0.3) is 0 Å². The number of halogens is 1. The largest absolute Gasteiger partial charge is 1.00 e. The van der Waals surface area contributed by atoms with Crippen molar-refractivity contribution in [3.8, 4) is 0 Å². The number of fused-ring (bicyclic) bond motifs is 1. The molecule has 14 nitrogen and oxygen atoms in total. The van der Waals surface area contributed by atoms with E-state index in [1.54, 1.807) is 32.9 Å². The Balaban J connectivity index is 0.000000726. The Morgan fingerprint density at radius 2 is 1.71 bits per heavy atom. The van der Waals surface area contributed by atoms with Crippen molar-refractivity contribution in [1.82, 2.24) is 9.80 Å². The van der Waals surface area contributed by atoms with Gasteiger partial charge in [-0.25, -0.2) is 22.4 Å². The van der Waals surface area contributed by atoms with Gasteiger partial charge in [0.2, 0.25) is 11.8 Å². The molecule has 1 aromatic carbocycles. The van der Waals surface area contributed by atoms with Gasteiger partial charge >= 0.3 is 41.7 Å². The molecule has 0 radical (unpaired) electrons. The van der Waals surface area contributed by atoms with Gasteiger partial charge < -0.3 is 35.4 Å². The van der Waals surface area contributed by atoms with E-state index in [4.69, 9.17) is 16.2 Å². The average Bonchev–Trinajstić information content (AvgIpc) is 3.94. The van der Waals surface area contributed by atoms with Crippen LogP contribution in [-0.2, 0) is 47.0 Å². The van der Waals surface area contributed by atoms with Crippen molar-refractivity contribution < 1.29 is 75.8 Å². The van der Waals surface area contributed by atoms with Crippen molar-refractivity contribution in [2.45, 2.75) is 121 Å². The van der Waals surface area contributed by atoms with Gasteiger partial charge in [-0.2, -0.15) is 0 Å². The summed E-state index contributed by atoms with van der Waals surface area (Å²) in [5, 5.41) is -0.464. The van der Waals surface area contributed by atoms with E-state index in [2.05, 4.69) is 9.46 Å². The second kappa shape index (κ2) is 18.7. The van der Waals surface area contributed by atoms with E-state index in [1.807, 2.05) is 12.2 Å². The summed E-state index contributed by atoms with van der Waals surface area (Å²) in [5.74, 6) is -2.02. The molecule has 4 N–H and O–H groups in total.